The van der Waals surface area contributed by atoms with Crippen LogP contribution in [-0.2, 0) is 6.42 Å². The van der Waals surface area contributed by atoms with E-state index in [2.05, 4.69) is 42.2 Å². The van der Waals surface area contributed by atoms with Crippen LogP contribution in [0, 0.1) is 5.41 Å². The van der Waals surface area contributed by atoms with Crippen LogP contribution in [0.4, 0.5) is 11.4 Å². The van der Waals surface area contributed by atoms with Gasteiger partial charge in [0.05, 0.1) is 5.69 Å². The molecular weight excluding hydrogens is 246 g/mol. The highest BCUT2D eigenvalue weighted by Gasteiger charge is 2.25. The summed E-state index contributed by atoms with van der Waals surface area (Å²) in [6.07, 6.45) is 2.22. The lowest BCUT2D eigenvalue weighted by molar-refractivity contribution is 0.618. The molecule has 0 bridgehead atoms. The second kappa shape index (κ2) is 5.00. The standard InChI is InChI=1S/C17H19N3/c1-12-10-11-13-6-2-4-8-15(13)20(12)16-9-5-3-7-14(16)17(18)19/h2-9,12H,10-11H2,1H3,(H3,18,19). The van der Waals surface area contributed by atoms with Crippen molar-refractivity contribution in [2.45, 2.75) is 25.8 Å². The Balaban J connectivity index is 2.17. The summed E-state index contributed by atoms with van der Waals surface area (Å²) in [7, 11) is 0. The molecule has 0 aliphatic carbocycles. The Morgan fingerprint density at radius 3 is 2.50 bits per heavy atom. The van der Waals surface area contributed by atoms with Gasteiger partial charge in [0.1, 0.15) is 5.84 Å². The second-order valence-electron chi connectivity index (χ2n) is 5.32. The van der Waals surface area contributed by atoms with Crippen molar-refractivity contribution >= 4 is 17.2 Å². The minimum atomic E-state index is 0.121. The highest BCUT2D eigenvalue weighted by molar-refractivity contribution is 6.01. The lowest BCUT2D eigenvalue weighted by Crippen LogP contribution is -2.34. The number of benzene rings is 2. The molecule has 1 aliphatic rings. The van der Waals surface area contributed by atoms with Gasteiger partial charge in [-0.3, -0.25) is 5.41 Å². The van der Waals surface area contributed by atoms with Crippen LogP contribution in [0.3, 0.4) is 0 Å². The van der Waals surface area contributed by atoms with Gasteiger partial charge in [0.25, 0.3) is 0 Å². The third-order valence-electron chi connectivity index (χ3n) is 3.98. The van der Waals surface area contributed by atoms with Gasteiger partial charge < -0.3 is 10.6 Å². The summed E-state index contributed by atoms with van der Waals surface area (Å²) >= 11 is 0. The molecule has 2 aromatic carbocycles. The van der Waals surface area contributed by atoms with Gasteiger partial charge in [-0.15, -0.1) is 0 Å². The monoisotopic (exact) mass is 265 g/mol. The molecule has 102 valence electrons. The van der Waals surface area contributed by atoms with E-state index in [-0.39, 0.29) is 5.84 Å². The first-order valence-electron chi connectivity index (χ1n) is 6.99. The molecule has 0 amide bonds. The molecule has 2 aromatic rings. The van der Waals surface area contributed by atoms with E-state index in [4.69, 9.17) is 11.1 Å². The van der Waals surface area contributed by atoms with Gasteiger partial charge in [0.2, 0.25) is 0 Å². The number of para-hydroxylation sites is 2. The zero-order chi connectivity index (χ0) is 14.1. The quantitative estimate of drug-likeness (QED) is 0.645. The van der Waals surface area contributed by atoms with Crippen molar-refractivity contribution in [3.05, 3.63) is 59.7 Å². The first-order chi connectivity index (χ1) is 9.68. The van der Waals surface area contributed by atoms with Crippen LogP contribution in [-0.4, -0.2) is 11.9 Å². The number of anilines is 2. The van der Waals surface area contributed by atoms with Crippen molar-refractivity contribution in [2.75, 3.05) is 4.90 Å². The lowest BCUT2D eigenvalue weighted by atomic mass is 9.95. The largest absolute Gasteiger partial charge is 0.384 e. The highest BCUT2D eigenvalue weighted by atomic mass is 15.2. The van der Waals surface area contributed by atoms with Crippen LogP contribution in [0.5, 0.6) is 0 Å². The van der Waals surface area contributed by atoms with E-state index >= 15 is 0 Å². The van der Waals surface area contributed by atoms with Crippen LogP contribution in [0.1, 0.15) is 24.5 Å². The summed E-state index contributed by atoms with van der Waals surface area (Å²) in [4.78, 5) is 2.32. The predicted octanol–water partition coefficient (Wildman–Crippen LogP) is 3.44. The molecule has 20 heavy (non-hydrogen) atoms. The van der Waals surface area contributed by atoms with E-state index in [0.717, 1.165) is 24.1 Å². The van der Waals surface area contributed by atoms with Crippen LogP contribution in [0.2, 0.25) is 0 Å². The van der Waals surface area contributed by atoms with Crippen molar-refractivity contribution < 1.29 is 0 Å². The van der Waals surface area contributed by atoms with Gasteiger partial charge in [0, 0.05) is 17.3 Å². The number of hydrogen-bond acceptors (Lipinski definition) is 2. The molecule has 3 nitrogen and oxygen atoms in total. The SMILES string of the molecule is CC1CCc2ccccc2N1c1ccccc1C(=N)N. The molecule has 1 unspecified atom stereocenters. The number of nitrogens with zero attached hydrogens (tertiary/aromatic N) is 1. The van der Waals surface area contributed by atoms with Crippen molar-refractivity contribution in [2.24, 2.45) is 5.73 Å². The number of fused-ring (bicyclic) bond motifs is 1. The van der Waals surface area contributed by atoms with Crippen LogP contribution >= 0.6 is 0 Å². The molecule has 0 saturated carbocycles. The lowest BCUT2D eigenvalue weighted by Gasteiger charge is -2.38. The average Bonchev–Trinajstić information content (AvgIpc) is 2.47. The molecule has 1 atom stereocenters. The summed E-state index contributed by atoms with van der Waals surface area (Å²) in [6, 6.07) is 16.8. The van der Waals surface area contributed by atoms with Crippen molar-refractivity contribution in [3.63, 3.8) is 0 Å². The molecule has 0 spiro atoms. The van der Waals surface area contributed by atoms with E-state index in [0.29, 0.717) is 6.04 Å². The Labute approximate surface area is 119 Å². The van der Waals surface area contributed by atoms with E-state index < -0.39 is 0 Å². The van der Waals surface area contributed by atoms with E-state index in [1.807, 2.05) is 18.2 Å². The number of nitrogens with two attached hydrogens (primary N) is 1. The number of aryl methyl sites for hydroxylation is 1. The van der Waals surface area contributed by atoms with Gasteiger partial charge in [-0.05, 0) is 43.5 Å². The minimum Gasteiger partial charge on any atom is -0.384 e. The molecule has 3 rings (SSSR count). The van der Waals surface area contributed by atoms with Crippen LogP contribution in [0.25, 0.3) is 0 Å². The Kier molecular flexibility index (Phi) is 3.18. The minimum absolute atomic E-state index is 0.121. The number of nitrogens with one attached hydrogen (secondary N) is 1. The number of rotatable bonds is 2. The highest BCUT2D eigenvalue weighted by Crippen LogP contribution is 2.38. The number of hydrogen-bond donors (Lipinski definition) is 2. The summed E-state index contributed by atoms with van der Waals surface area (Å²) in [5.41, 5.74) is 10.2. The van der Waals surface area contributed by atoms with Gasteiger partial charge >= 0.3 is 0 Å². The zero-order valence-corrected chi connectivity index (χ0v) is 11.6. The summed E-state index contributed by atoms with van der Waals surface area (Å²) in [5.74, 6) is 0.121. The average molecular weight is 265 g/mol. The molecule has 0 aromatic heterocycles. The maximum atomic E-state index is 7.80. The molecule has 1 heterocycles. The molecule has 0 saturated heterocycles. The number of amidine groups is 1. The third kappa shape index (κ3) is 2.05. The zero-order valence-electron chi connectivity index (χ0n) is 11.6. The fourth-order valence-corrected chi connectivity index (χ4v) is 2.97. The summed E-state index contributed by atoms with van der Waals surface area (Å²) in [6.45, 7) is 2.23. The van der Waals surface area contributed by atoms with E-state index in [1.165, 1.54) is 11.3 Å². The predicted molar refractivity (Wildman–Crippen MR) is 83.8 cm³/mol. The topological polar surface area (TPSA) is 53.1 Å². The first-order valence-corrected chi connectivity index (χ1v) is 6.99. The Morgan fingerprint density at radius 1 is 1.10 bits per heavy atom. The maximum Gasteiger partial charge on any atom is 0.124 e. The smallest absolute Gasteiger partial charge is 0.124 e. The summed E-state index contributed by atoms with van der Waals surface area (Å²) < 4.78 is 0. The van der Waals surface area contributed by atoms with Gasteiger partial charge in [-0.2, -0.15) is 0 Å². The van der Waals surface area contributed by atoms with Gasteiger partial charge in [-0.1, -0.05) is 30.3 Å². The fourth-order valence-electron chi connectivity index (χ4n) is 2.97. The van der Waals surface area contributed by atoms with E-state index in [1.54, 1.807) is 0 Å². The van der Waals surface area contributed by atoms with Gasteiger partial charge in [0.15, 0.2) is 0 Å². The summed E-state index contributed by atoms with van der Waals surface area (Å²) in [5, 5.41) is 7.80. The number of nitrogen functional groups attached to an aromatic ring is 1. The second-order valence-corrected chi connectivity index (χ2v) is 5.32. The molecule has 0 fully saturated rings. The molecule has 0 radical (unpaired) electrons. The molecule has 1 aliphatic heterocycles. The molecular formula is C17H19N3. The van der Waals surface area contributed by atoms with Gasteiger partial charge in [-0.25, -0.2) is 0 Å². The Morgan fingerprint density at radius 2 is 1.75 bits per heavy atom. The van der Waals surface area contributed by atoms with Crippen molar-refractivity contribution in [3.8, 4) is 0 Å². The first kappa shape index (κ1) is 12.7. The van der Waals surface area contributed by atoms with Crippen molar-refractivity contribution in [1.82, 2.24) is 0 Å². The Hall–Kier alpha value is -2.29. The Bertz CT molecular complexity index is 648. The fraction of sp³-hybridized carbons (Fsp3) is 0.235. The van der Waals surface area contributed by atoms with Crippen LogP contribution < -0.4 is 10.6 Å². The molecule has 3 heteroatoms. The maximum absolute atomic E-state index is 7.80. The van der Waals surface area contributed by atoms with Crippen molar-refractivity contribution in [1.29, 1.82) is 5.41 Å². The molecule has 3 N–H and O–H groups in total. The van der Waals surface area contributed by atoms with E-state index in [9.17, 15) is 0 Å². The normalized spacial score (nSPS) is 17.6. The van der Waals surface area contributed by atoms with Crippen LogP contribution in [0.15, 0.2) is 48.5 Å². The third-order valence-corrected chi connectivity index (χ3v) is 3.98.